The zero-order chi connectivity index (χ0) is 26.3. The van der Waals surface area contributed by atoms with Gasteiger partial charge in [0, 0.05) is 65.3 Å². The Hall–Kier alpha value is -3.42. The van der Waals surface area contributed by atoms with Gasteiger partial charge in [-0.15, -0.1) is 0 Å². The van der Waals surface area contributed by atoms with E-state index in [0.29, 0.717) is 30.9 Å². The van der Waals surface area contributed by atoms with E-state index >= 15 is 0 Å². The molecule has 1 atom stereocenters. The van der Waals surface area contributed by atoms with Gasteiger partial charge in [0.25, 0.3) is 5.56 Å². The molecule has 1 aromatic carbocycles. The lowest BCUT2D eigenvalue weighted by Crippen LogP contribution is -2.39. The van der Waals surface area contributed by atoms with Gasteiger partial charge in [0.05, 0.1) is 20.3 Å². The molecule has 1 aliphatic rings. The van der Waals surface area contributed by atoms with Crippen LogP contribution in [-0.2, 0) is 11.2 Å². The fourth-order valence-electron chi connectivity index (χ4n) is 5.56. The largest absolute Gasteiger partial charge is 0.497 e. The molecule has 0 bridgehead atoms. The number of aromatic amines is 1. The van der Waals surface area contributed by atoms with Crippen molar-refractivity contribution in [3.05, 3.63) is 92.4 Å². The fraction of sp³-hybridized carbons (Fsp3) is 0.367. The van der Waals surface area contributed by atoms with Crippen molar-refractivity contribution in [1.29, 1.82) is 0 Å². The first kappa shape index (κ1) is 25.2. The van der Waals surface area contributed by atoms with Gasteiger partial charge in [0.2, 0.25) is 0 Å². The highest BCUT2D eigenvalue weighted by atomic mass is 19.1. The summed E-state index contributed by atoms with van der Waals surface area (Å²) in [4.78, 5) is 18.2. The van der Waals surface area contributed by atoms with Gasteiger partial charge >= 0.3 is 0 Å². The minimum atomic E-state index is -0.293. The molecule has 0 aliphatic carbocycles. The molecule has 5 rings (SSSR count). The summed E-state index contributed by atoms with van der Waals surface area (Å²) in [6, 6.07) is 11.1. The van der Waals surface area contributed by atoms with E-state index in [0.717, 1.165) is 57.8 Å². The van der Waals surface area contributed by atoms with Gasteiger partial charge in [0.1, 0.15) is 11.6 Å². The van der Waals surface area contributed by atoms with Gasteiger partial charge in [-0.05, 0) is 80.8 Å². The van der Waals surface area contributed by atoms with Gasteiger partial charge in [-0.1, -0.05) is 0 Å². The first-order valence-electron chi connectivity index (χ1n) is 12.8. The number of pyridine rings is 2. The first-order valence-corrected chi connectivity index (χ1v) is 12.8. The van der Waals surface area contributed by atoms with Crippen LogP contribution >= 0.6 is 0 Å². The standard InChI is InChI=1S/C30H34FN3O3/c1-18-12-19(2)32-30(35)26(18)15-22-13-24-14-23(27-16-25(36-5)6-7-28(27)31)17-34(24)29(20(22)3)21(4)33-8-10-37-11-9-33/h6-7,12-14,16-17,21H,8-11,15H2,1-5H3,(H,32,35). The molecule has 1 saturated heterocycles. The molecule has 4 heterocycles. The van der Waals surface area contributed by atoms with Crippen molar-refractivity contribution in [1.82, 2.24) is 14.3 Å². The van der Waals surface area contributed by atoms with Crippen molar-refractivity contribution in [2.24, 2.45) is 0 Å². The summed E-state index contributed by atoms with van der Waals surface area (Å²) in [5.74, 6) is 0.317. The number of hydrogen-bond acceptors (Lipinski definition) is 4. The van der Waals surface area contributed by atoms with E-state index in [2.05, 4.69) is 34.2 Å². The Kier molecular flexibility index (Phi) is 6.92. The van der Waals surface area contributed by atoms with Crippen molar-refractivity contribution in [2.45, 2.75) is 40.2 Å². The number of nitrogens with zero attached hydrogens (tertiary/aromatic N) is 2. The maximum atomic E-state index is 14.9. The second kappa shape index (κ2) is 10.1. The van der Waals surface area contributed by atoms with E-state index in [9.17, 15) is 9.18 Å². The maximum absolute atomic E-state index is 14.9. The summed E-state index contributed by atoms with van der Waals surface area (Å²) >= 11 is 0. The van der Waals surface area contributed by atoms with Crippen LogP contribution in [0.5, 0.6) is 5.75 Å². The molecule has 0 radical (unpaired) electrons. The number of halogens is 1. The van der Waals surface area contributed by atoms with Gasteiger partial charge in [-0.25, -0.2) is 4.39 Å². The average molecular weight is 504 g/mol. The lowest BCUT2D eigenvalue weighted by Gasteiger charge is -2.34. The second-order valence-corrected chi connectivity index (χ2v) is 9.99. The minimum absolute atomic E-state index is 0.0472. The van der Waals surface area contributed by atoms with Crippen molar-refractivity contribution in [2.75, 3.05) is 33.4 Å². The molecule has 1 N–H and O–H groups in total. The number of morpholine rings is 1. The van der Waals surface area contributed by atoms with E-state index in [4.69, 9.17) is 9.47 Å². The zero-order valence-corrected chi connectivity index (χ0v) is 22.2. The minimum Gasteiger partial charge on any atom is -0.497 e. The SMILES string of the molecule is COc1ccc(F)c(-c2cc3cc(Cc4c(C)cc(C)[nH]c4=O)c(C)c(C(C)N4CCOCC4)n3c2)c1. The summed E-state index contributed by atoms with van der Waals surface area (Å²) in [6.45, 7) is 11.3. The second-order valence-electron chi connectivity index (χ2n) is 9.99. The Balaban J connectivity index is 1.69. The van der Waals surface area contributed by atoms with Crippen LogP contribution in [0.15, 0.2) is 47.4 Å². The highest BCUT2D eigenvalue weighted by molar-refractivity contribution is 5.73. The number of hydrogen-bond donors (Lipinski definition) is 1. The Labute approximate surface area is 216 Å². The number of rotatable bonds is 6. The topological polar surface area (TPSA) is 59.0 Å². The molecule has 0 amide bonds. The molecule has 1 unspecified atom stereocenters. The summed E-state index contributed by atoms with van der Waals surface area (Å²) < 4.78 is 28.0. The molecule has 7 heteroatoms. The van der Waals surface area contributed by atoms with Crippen molar-refractivity contribution < 1.29 is 13.9 Å². The van der Waals surface area contributed by atoms with Crippen molar-refractivity contribution in [3.8, 4) is 16.9 Å². The van der Waals surface area contributed by atoms with E-state index in [1.54, 1.807) is 19.2 Å². The Morgan fingerprint density at radius 2 is 1.86 bits per heavy atom. The number of aromatic nitrogens is 2. The number of ether oxygens (including phenoxy) is 2. The average Bonchev–Trinajstić information content (AvgIpc) is 3.30. The maximum Gasteiger partial charge on any atom is 0.251 e. The van der Waals surface area contributed by atoms with Gasteiger partial charge in [0.15, 0.2) is 0 Å². The molecule has 4 aromatic rings. The van der Waals surface area contributed by atoms with Crippen LogP contribution in [0.3, 0.4) is 0 Å². The van der Waals surface area contributed by atoms with Gasteiger partial charge in [-0.2, -0.15) is 0 Å². The van der Waals surface area contributed by atoms with Crippen LogP contribution in [0.25, 0.3) is 16.6 Å². The third-order valence-electron chi connectivity index (χ3n) is 7.63. The van der Waals surface area contributed by atoms with E-state index in [-0.39, 0.29) is 17.4 Å². The van der Waals surface area contributed by atoms with E-state index < -0.39 is 0 Å². The number of aryl methyl sites for hydroxylation is 2. The lowest BCUT2D eigenvalue weighted by molar-refractivity contribution is 0.0187. The van der Waals surface area contributed by atoms with Gasteiger partial charge in [-0.3, -0.25) is 9.69 Å². The predicted molar refractivity (Wildman–Crippen MR) is 144 cm³/mol. The quantitative estimate of drug-likeness (QED) is 0.385. The highest BCUT2D eigenvalue weighted by Crippen LogP contribution is 2.34. The number of nitrogens with one attached hydrogen (secondary N) is 1. The van der Waals surface area contributed by atoms with Crippen LogP contribution in [0.4, 0.5) is 4.39 Å². The van der Waals surface area contributed by atoms with Crippen LogP contribution in [0.1, 0.15) is 46.6 Å². The summed E-state index contributed by atoms with van der Waals surface area (Å²) in [5.41, 5.74) is 8.19. The third kappa shape index (κ3) is 4.81. The predicted octanol–water partition coefficient (Wildman–Crippen LogP) is 5.35. The molecule has 1 fully saturated rings. The van der Waals surface area contributed by atoms with E-state index in [1.165, 1.54) is 6.07 Å². The van der Waals surface area contributed by atoms with Crippen molar-refractivity contribution >= 4 is 5.52 Å². The summed E-state index contributed by atoms with van der Waals surface area (Å²) in [5, 5.41) is 0. The number of methoxy groups -OCH3 is 1. The van der Waals surface area contributed by atoms with Gasteiger partial charge < -0.3 is 18.9 Å². The smallest absolute Gasteiger partial charge is 0.251 e. The van der Waals surface area contributed by atoms with Crippen LogP contribution in [0.2, 0.25) is 0 Å². The molecule has 194 valence electrons. The number of H-pyrrole nitrogens is 1. The molecule has 0 spiro atoms. The molecular formula is C30H34FN3O3. The molecule has 3 aromatic heterocycles. The molecule has 1 aliphatic heterocycles. The summed E-state index contributed by atoms with van der Waals surface area (Å²) in [6.07, 6.45) is 2.54. The number of benzene rings is 1. The number of fused-ring (bicyclic) bond motifs is 1. The highest BCUT2D eigenvalue weighted by Gasteiger charge is 2.25. The van der Waals surface area contributed by atoms with E-state index in [1.807, 2.05) is 32.2 Å². The first-order chi connectivity index (χ1) is 17.8. The Morgan fingerprint density at radius 3 is 2.57 bits per heavy atom. The van der Waals surface area contributed by atoms with Crippen molar-refractivity contribution in [3.63, 3.8) is 0 Å². The zero-order valence-electron chi connectivity index (χ0n) is 22.2. The lowest BCUT2D eigenvalue weighted by atomic mass is 9.95. The van der Waals surface area contributed by atoms with Crippen LogP contribution in [-0.4, -0.2) is 47.7 Å². The molecule has 6 nitrogen and oxygen atoms in total. The normalized spacial score (nSPS) is 15.3. The monoisotopic (exact) mass is 503 g/mol. The van der Waals surface area contributed by atoms with Crippen LogP contribution in [0, 0.1) is 26.6 Å². The van der Waals surface area contributed by atoms with Crippen LogP contribution < -0.4 is 10.3 Å². The molecule has 0 saturated carbocycles. The Bertz CT molecular complexity index is 1520. The third-order valence-corrected chi connectivity index (χ3v) is 7.63. The molecular weight excluding hydrogens is 469 g/mol. The summed E-state index contributed by atoms with van der Waals surface area (Å²) in [7, 11) is 1.58. The Morgan fingerprint density at radius 1 is 1.11 bits per heavy atom. The molecule has 37 heavy (non-hydrogen) atoms. The fourth-order valence-corrected chi connectivity index (χ4v) is 5.56.